The molecular weight excluding hydrogens is 196 g/mol. The van der Waals surface area contributed by atoms with E-state index < -0.39 is 10.8 Å². The van der Waals surface area contributed by atoms with E-state index in [1.165, 1.54) is 12.3 Å². The van der Waals surface area contributed by atoms with E-state index in [9.17, 15) is 14.9 Å². The van der Waals surface area contributed by atoms with Crippen molar-refractivity contribution in [1.29, 1.82) is 0 Å². The predicted molar refractivity (Wildman–Crippen MR) is 53.9 cm³/mol. The summed E-state index contributed by atoms with van der Waals surface area (Å²) in [6, 6.07) is 0. The van der Waals surface area contributed by atoms with Gasteiger partial charge in [-0.1, -0.05) is 12.2 Å². The Morgan fingerprint density at radius 3 is 2.93 bits per heavy atom. The van der Waals surface area contributed by atoms with Crippen molar-refractivity contribution >= 4 is 12.1 Å². The second-order valence-corrected chi connectivity index (χ2v) is 3.36. The van der Waals surface area contributed by atoms with Gasteiger partial charge in [0.15, 0.2) is 0 Å². The number of carbonyl (C=O) groups excluding carboxylic acids is 1. The van der Waals surface area contributed by atoms with E-state index in [0.717, 1.165) is 0 Å². The Morgan fingerprint density at radius 1 is 1.53 bits per heavy atom. The van der Waals surface area contributed by atoms with Gasteiger partial charge in [0.2, 0.25) is 0 Å². The lowest BCUT2D eigenvalue weighted by molar-refractivity contribution is -0.422. The molecule has 2 aliphatic rings. The zero-order chi connectivity index (χ0) is 11.0. The van der Waals surface area contributed by atoms with Crippen LogP contribution in [0, 0.1) is 16.0 Å². The van der Waals surface area contributed by atoms with Crippen molar-refractivity contribution in [1.82, 2.24) is 0 Å². The average molecular weight is 204 g/mol. The number of fused-ring (bicyclic) bond motifs is 1. The highest BCUT2D eigenvalue weighted by Gasteiger charge is 2.34. The SMILES string of the molecule is CC1=C([N+](=O)[O-])C2=CC=NC(=O)C2C=C1. The Balaban J connectivity index is 2.57. The lowest BCUT2D eigenvalue weighted by atomic mass is 9.87. The van der Waals surface area contributed by atoms with Gasteiger partial charge < -0.3 is 0 Å². The molecule has 1 atom stereocenters. The molecule has 1 unspecified atom stereocenters. The van der Waals surface area contributed by atoms with Gasteiger partial charge in [-0.05, 0) is 13.0 Å². The minimum atomic E-state index is -0.584. The van der Waals surface area contributed by atoms with E-state index in [2.05, 4.69) is 4.99 Å². The summed E-state index contributed by atoms with van der Waals surface area (Å²) in [4.78, 5) is 25.4. The molecule has 0 spiro atoms. The molecule has 1 amide bonds. The number of aliphatic imine (C=N–C) groups is 1. The van der Waals surface area contributed by atoms with Crippen molar-refractivity contribution in [2.45, 2.75) is 6.92 Å². The number of amides is 1. The standard InChI is InChI=1S/C10H8N2O3/c1-6-2-3-8-7(9(6)12(14)15)4-5-11-10(8)13/h2-5,8H,1H3. The van der Waals surface area contributed by atoms with Crippen LogP contribution in [0.3, 0.4) is 0 Å². The molecule has 0 aromatic rings. The van der Waals surface area contributed by atoms with E-state index in [1.807, 2.05) is 0 Å². The van der Waals surface area contributed by atoms with Crippen LogP contribution in [-0.2, 0) is 4.79 Å². The van der Waals surface area contributed by atoms with E-state index >= 15 is 0 Å². The molecule has 0 saturated heterocycles. The Bertz CT molecular complexity index is 469. The Hall–Kier alpha value is -2.04. The minimum absolute atomic E-state index is 0.0157. The molecule has 0 aromatic heterocycles. The summed E-state index contributed by atoms with van der Waals surface area (Å²) < 4.78 is 0. The zero-order valence-corrected chi connectivity index (χ0v) is 8.01. The maximum absolute atomic E-state index is 11.4. The van der Waals surface area contributed by atoms with Crippen LogP contribution in [0.15, 0.2) is 40.1 Å². The Labute approximate surface area is 85.7 Å². The van der Waals surface area contributed by atoms with Gasteiger partial charge >= 0.3 is 0 Å². The van der Waals surface area contributed by atoms with Gasteiger partial charge in [-0.2, -0.15) is 0 Å². The minimum Gasteiger partial charge on any atom is -0.272 e. The van der Waals surface area contributed by atoms with Crippen LogP contribution in [0.1, 0.15) is 6.92 Å². The van der Waals surface area contributed by atoms with E-state index in [0.29, 0.717) is 11.1 Å². The lowest BCUT2D eigenvalue weighted by Gasteiger charge is -2.18. The van der Waals surface area contributed by atoms with E-state index in [4.69, 9.17) is 0 Å². The number of allylic oxidation sites excluding steroid dienone is 4. The van der Waals surface area contributed by atoms with Crippen molar-refractivity contribution in [3.05, 3.63) is 45.2 Å². The number of hydrogen-bond donors (Lipinski definition) is 0. The maximum Gasteiger partial charge on any atom is 0.276 e. The molecule has 1 aliphatic carbocycles. The highest BCUT2D eigenvalue weighted by atomic mass is 16.6. The van der Waals surface area contributed by atoms with Crippen molar-refractivity contribution < 1.29 is 9.72 Å². The first-order chi connectivity index (χ1) is 7.11. The number of carbonyl (C=O) groups is 1. The molecule has 0 N–H and O–H groups in total. The van der Waals surface area contributed by atoms with Gasteiger partial charge in [0.05, 0.1) is 10.8 Å². The molecule has 76 valence electrons. The third-order valence-electron chi connectivity index (χ3n) is 2.43. The van der Waals surface area contributed by atoms with Gasteiger partial charge in [0.1, 0.15) is 0 Å². The first-order valence-electron chi connectivity index (χ1n) is 4.43. The fourth-order valence-corrected chi connectivity index (χ4v) is 1.72. The summed E-state index contributed by atoms with van der Waals surface area (Å²) in [6.07, 6.45) is 6.08. The van der Waals surface area contributed by atoms with Crippen LogP contribution in [0.5, 0.6) is 0 Å². The molecule has 1 aliphatic heterocycles. The normalized spacial score (nSPS) is 23.9. The van der Waals surface area contributed by atoms with E-state index in [-0.39, 0.29) is 11.6 Å². The lowest BCUT2D eigenvalue weighted by Crippen LogP contribution is -2.23. The van der Waals surface area contributed by atoms with Gasteiger partial charge in [-0.25, -0.2) is 4.99 Å². The predicted octanol–water partition coefficient (Wildman–Crippen LogP) is 1.26. The van der Waals surface area contributed by atoms with Crippen LogP contribution < -0.4 is 0 Å². The van der Waals surface area contributed by atoms with Gasteiger partial charge in [-0.3, -0.25) is 14.9 Å². The molecule has 5 heteroatoms. The van der Waals surface area contributed by atoms with E-state index in [1.54, 1.807) is 19.1 Å². The zero-order valence-electron chi connectivity index (χ0n) is 8.01. The molecule has 0 bridgehead atoms. The van der Waals surface area contributed by atoms with Crippen molar-refractivity contribution in [3.8, 4) is 0 Å². The molecule has 5 nitrogen and oxygen atoms in total. The van der Waals surface area contributed by atoms with Gasteiger partial charge in [0, 0.05) is 17.4 Å². The molecular formula is C10H8N2O3. The highest BCUT2D eigenvalue weighted by molar-refractivity contribution is 5.98. The summed E-state index contributed by atoms with van der Waals surface area (Å²) in [5.41, 5.74) is 1.01. The second-order valence-electron chi connectivity index (χ2n) is 3.36. The third kappa shape index (κ3) is 1.41. The summed E-state index contributed by atoms with van der Waals surface area (Å²) in [6.45, 7) is 1.65. The highest BCUT2D eigenvalue weighted by Crippen LogP contribution is 2.31. The first-order valence-corrected chi connectivity index (χ1v) is 4.43. The maximum atomic E-state index is 11.4. The number of nitro groups is 1. The summed E-state index contributed by atoms with van der Waals surface area (Å²) >= 11 is 0. The average Bonchev–Trinajstić information content (AvgIpc) is 2.17. The summed E-state index contributed by atoms with van der Waals surface area (Å²) in [5, 5.41) is 10.8. The molecule has 0 fully saturated rings. The van der Waals surface area contributed by atoms with Crippen LogP contribution >= 0.6 is 0 Å². The van der Waals surface area contributed by atoms with Gasteiger partial charge in [-0.15, -0.1) is 0 Å². The number of nitrogens with zero attached hydrogens (tertiary/aromatic N) is 2. The topological polar surface area (TPSA) is 72.6 Å². The number of rotatable bonds is 1. The number of dihydropyridines is 1. The van der Waals surface area contributed by atoms with Gasteiger partial charge in [0.25, 0.3) is 11.6 Å². The smallest absolute Gasteiger partial charge is 0.272 e. The Morgan fingerprint density at radius 2 is 2.27 bits per heavy atom. The fraction of sp³-hybridized carbons (Fsp3) is 0.200. The monoisotopic (exact) mass is 204 g/mol. The van der Waals surface area contributed by atoms with Crippen LogP contribution in [0.2, 0.25) is 0 Å². The number of hydrogen-bond acceptors (Lipinski definition) is 3. The molecule has 0 radical (unpaired) electrons. The molecule has 2 rings (SSSR count). The largest absolute Gasteiger partial charge is 0.276 e. The quantitative estimate of drug-likeness (QED) is 0.476. The molecule has 0 aromatic carbocycles. The summed E-state index contributed by atoms with van der Waals surface area (Å²) in [5.74, 6) is -0.935. The Kier molecular flexibility index (Phi) is 2.07. The fourth-order valence-electron chi connectivity index (χ4n) is 1.72. The third-order valence-corrected chi connectivity index (χ3v) is 2.43. The summed E-state index contributed by atoms with van der Waals surface area (Å²) in [7, 11) is 0. The van der Waals surface area contributed by atoms with Crippen LogP contribution in [0.4, 0.5) is 0 Å². The molecule has 0 saturated carbocycles. The van der Waals surface area contributed by atoms with Crippen molar-refractivity contribution in [2.24, 2.45) is 10.9 Å². The molecule has 1 heterocycles. The van der Waals surface area contributed by atoms with Crippen molar-refractivity contribution in [2.75, 3.05) is 0 Å². The molecule has 15 heavy (non-hydrogen) atoms. The second kappa shape index (κ2) is 3.27. The van der Waals surface area contributed by atoms with Crippen molar-refractivity contribution in [3.63, 3.8) is 0 Å². The van der Waals surface area contributed by atoms with Crippen LogP contribution in [-0.4, -0.2) is 17.0 Å². The first kappa shape index (κ1) is 9.51. The van der Waals surface area contributed by atoms with Crippen LogP contribution in [0.25, 0.3) is 0 Å².